The fraction of sp³-hybridized carbons (Fsp3) is 0.863. The molecule has 0 aliphatic carbocycles. The first-order valence-electron chi connectivity index (χ1n) is 35.9. The molecule has 1 amide bonds. The number of carbonyl (C=O) groups excluding carboxylic acids is 2. The molecule has 0 fully saturated rings. The molecule has 0 aromatic carbocycles. The van der Waals surface area contributed by atoms with Crippen molar-refractivity contribution >= 4 is 19.7 Å². The predicted octanol–water partition coefficient (Wildman–Crippen LogP) is 22.2. The van der Waals surface area contributed by atoms with Gasteiger partial charge in [-0.05, 0) is 70.3 Å². The summed E-state index contributed by atoms with van der Waals surface area (Å²) in [5.74, 6) is -0.532. The zero-order chi connectivity index (χ0) is 60.7. The standard InChI is InChI=1S/C73H139N2O7P/c1-7-10-13-16-19-22-25-28-30-32-34-36-37-39-41-43-45-48-51-54-57-60-63-66-73(77)82-71(64-61-58-55-52-49-46-27-24-21-18-15-12-9-3)70(69-81-83(78,79)80-68-67-75(4,5)6)74-72(76)65-62-59-56-53-50-47-44-42-40-38-35-33-31-29-26-23-20-17-14-11-8-2/h20,23,29,31,35,38,61,64,70-71H,7-19,21-22,24-28,30,32-34,36-37,39-60,62-63,65-69H2,1-6H3,(H-,74,76,78,79)/b23-20-,31-29-,38-35-,64-61+. The number of nitrogens with zero attached hydrogens (tertiary/aromatic N) is 1. The van der Waals surface area contributed by atoms with Crippen molar-refractivity contribution in [2.45, 2.75) is 367 Å². The molecule has 83 heavy (non-hydrogen) atoms. The summed E-state index contributed by atoms with van der Waals surface area (Å²) >= 11 is 0. The minimum atomic E-state index is -4.71. The lowest BCUT2D eigenvalue weighted by atomic mass is 10.0. The van der Waals surface area contributed by atoms with Crippen LogP contribution in [0.1, 0.15) is 355 Å². The minimum absolute atomic E-state index is 0.0224. The van der Waals surface area contributed by atoms with E-state index in [0.717, 1.165) is 83.5 Å². The van der Waals surface area contributed by atoms with Gasteiger partial charge in [0.2, 0.25) is 5.91 Å². The Kier molecular flexibility index (Phi) is 61.5. The molecule has 0 aliphatic heterocycles. The van der Waals surface area contributed by atoms with Crippen molar-refractivity contribution in [3.05, 3.63) is 48.6 Å². The summed E-state index contributed by atoms with van der Waals surface area (Å²) < 4.78 is 30.5. The van der Waals surface area contributed by atoms with E-state index in [1.54, 1.807) is 0 Å². The third kappa shape index (κ3) is 64.3. The molecule has 0 saturated heterocycles. The molecule has 0 aromatic heterocycles. The van der Waals surface area contributed by atoms with E-state index in [2.05, 4.69) is 62.5 Å². The van der Waals surface area contributed by atoms with E-state index >= 15 is 0 Å². The zero-order valence-corrected chi connectivity index (χ0v) is 56.8. The van der Waals surface area contributed by atoms with Gasteiger partial charge in [-0.15, -0.1) is 0 Å². The second kappa shape index (κ2) is 63.0. The number of allylic oxidation sites excluding steroid dienone is 7. The molecule has 1 N–H and O–H groups in total. The highest BCUT2D eigenvalue weighted by atomic mass is 31.2. The zero-order valence-electron chi connectivity index (χ0n) is 55.9. The summed E-state index contributed by atoms with van der Waals surface area (Å²) in [6, 6.07) is -0.891. The quantitative estimate of drug-likeness (QED) is 0.0212. The smallest absolute Gasteiger partial charge is 0.306 e. The van der Waals surface area contributed by atoms with E-state index in [1.807, 2.05) is 33.3 Å². The fourth-order valence-electron chi connectivity index (χ4n) is 10.7. The first-order chi connectivity index (χ1) is 40.4. The third-order valence-corrected chi connectivity index (χ3v) is 17.2. The van der Waals surface area contributed by atoms with Crippen LogP contribution in [0.25, 0.3) is 0 Å². The van der Waals surface area contributed by atoms with Crippen LogP contribution in [0.5, 0.6) is 0 Å². The van der Waals surface area contributed by atoms with E-state index < -0.39 is 20.0 Å². The molecule has 10 heteroatoms. The van der Waals surface area contributed by atoms with Crippen LogP contribution in [0.15, 0.2) is 48.6 Å². The molecule has 0 rings (SSSR count). The average Bonchev–Trinajstić information content (AvgIpc) is 3.46. The highest BCUT2D eigenvalue weighted by Crippen LogP contribution is 2.38. The van der Waals surface area contributed by atoms with Gasteiger partial charge >= 0.3 is 5.97 Å². The first-order valence-corrected chi connectivity index (χ1v) is 37.4. The van der Waals surface area contributed by atoms with Crippen LogP contribution in [0.3, 0.4) is 0 Å². The highest BCUT2D eigenvalue weighted by Gasteiger charge is 2.27. The number of amides is 1. The fourth-order valence-corrected chi connectivity index (χ4v) is 11.4. The highest BCUT2D eigenvalue weighted by molar-refractivity contribution is 7.45. The Bertz CT molecular complexity index is 1560. The molecule has 0 heterocycles. The molecule has 0 radical (unpaired) electrons. The summed E-state index contributed by atoms with van der Waals surface area (Å²) in [5.41, 5.74) is 0. The molecule has 0 saturated carbocycles. The average molecular weight is 1190 g/mol. The molecule has 0 aromatic rings. The van der Waals surface area contributed by atoms with Crippen LogP contribution in [0, 0.1) is 0 Å². The van der Waals surface area contributed by atoms with Gasteiger partial charge in [0.05, 0.1) is 33.8 Å². The Labute approximate surface area is 516 Å². The molecule has 9 nitrogen and oxygen atoms in total. The largest absolute Gasteiger partial charge is 0.756 e. The van der Waals surface area contributed by atoms with Gasteiger partial charge in [0, 0.05) is 12.8 Å². The van der Waals surface area contributed by atoms with E-state index in [-0.39, 0.29) is 31.5 Å². The summed E-state index contributed by atoms with van der Waals surface area (Å²) in [4.78, 5) is 40.2. The number of hydrogen-bond acceptors (Lipinski definition) is 7. The van der Waals surface area contributed by atoms with E-state index in [0.29, 0.717) is 17.4 Å². The van der Waals surface area contributed by atoms with Crippen LogP contribution in [-0.2, 0) is 27.9 Å². The number of nitrogens with one attached hydrogen (secondary N) is 1. The number of phosphoric acid groups is 1. The number of phosphoric ester groups is 1. The molecular weight excluding hydrogens is 1050 g/mol. The molecular formula is C73H139N2O7P. The minimum Gasteiger partial charge on any atom is -0.756 e. The van der Waals surface area contributed by atoms with Gasteiger partial charge in [-0.2, -0.15) is 0 Å². The molecule has 0 spiro atoms. The number of ether oxygens (including phenoxy) is 1. The normalized spacial score (nSPS) is 13.8. The molecule has 3 atom stereocenters. The van der Waals surface area contributed by atoms with Crippen molar-refractivity contribution in [3.63, 3.8) is 0 Å². The Balaban J connectivity index is 5.10. The molecule has 0 bridgehead atoms. The lowest BCUT2D eigenvalue weighted by Crippen LogP contribution is -2.47. The van der Waals surface area contributed by atoms with Crippen molar-refractivity contribution in [2.24, 2.45) is 0 Å². The number of quaternary nitrogens is 1. The van der Waals surface area contributed by atoms with E-state index in [4.69, 9.17) is 13.8 Å². The number of hydrogen-bond donors (Lipinski definition) is 1. The summed E-state index contributed by atoms with van der Waals surface area (Å²) in [6.07, 6.45) is 79.4. The van der Waals surface area contributed by atoms with Gasteiger partial charge in [-0.25, -0.2) is 0 Å². The number of rotatable bonds is 66. The molecule has 0 aliphatic rings. The van der Waals surface area contributed by atoms with Crippen LogP contribution in [0.4, 0.5) is 0 Å². The van der Waals surface area contributed by atoms with E-state index in [9.17, 15) is 19.0 Å². The van der Waals surface area contributed by atoms with Gasteiger partial charge in [-0.3, -0.25) is 14.2 Å². The maximum absolute atomic E-state index is 13.6. The van der Waals surface area contributed by atoms with Crippen LogP contribution >= 0.6 is 7.82 Å². The predicted molar refractivity (Wildman–Crippen MR) is 358 cm³/mol. The van der Waals surface area contributed by atoms with Gasteiger partial charge in [0.1, 0.15) is 19.3 Å². The molecule has 3 unspecified atom stereocenters. The topological polar surface area (TPSA) is 114 Å². The Morgan fingerprint density at radius 1 is 0.422 bits per heavy atom. The summed E-state index contributed by atoms with van der Waals surface area (Å²) in [5, 5.41) is 3.05. The Morgan fingerprint density at radius 3 is 1.12 bits per heavy atom. The Morgan fingerprint density at radius 2 is 0.735 bits per heavy atom. The van der Waals surface area contributed by atoms with Gasteiger partial charge < -0.3 is 28.5 Å². The lowest BCUT2D eigenvalue weighted by Gasteiger charge is -2.30. The summed E-state index contributed by atoms with van der Waals surface area (Å²) in [6.45, 7) is 6.87. The van der Waals surface area contributed by atoms with Gasteiger partial charge in [0.15, 0.2) is 0 Å². The Hall–Kier alpha value is -2.03. The van der Waals surface area contributed by atoms with Crippen molar-refractivity contribution in [2.75, 3.05) is 40.9 Å². The number of esters is 1. The van der Waals surface area contributed by atoms with Crippen molar-refractivity contribution in [1.82, 2.24) is 5.32 Å². The maximum atomic E-state index is 13.6. The van der Waals surface area contributed by atoms with E-state index in [1.165, 1.54) is 238 Å². The first kappa shape index (κ1) is 81.0. The molecule has 488 valence electrons. The van der Waals surface area contributed by atoms with Crippen molar-refractivity contribution in [1.29, 1.82) is 0 Å². The van der Waals surface area contributed by atoms with Crippen molar-refractivity contribution < 1.29 is 37.3 Å². The van der Waals surface area contributed by atoms with Crippen LogP contribution in [-0.4, -0.2) is 69.4 Å². The SMILES string of the molecule is CCCCC/C=C\C/C=C\C/C=C\CCCCCCCCCCC(=O)NC(COP(=O)([O-])OCC[N+](C)(C)C)C(/C=C/CCCCCCCCCCCCC)OC(=O)CCCCCCCCCCCCCCCCCCCCCCCCC. The van der Waals surface area contributed by atoms with Crippen molar-refractivity contribution in [3.8, 4) is 0 Å². The van der Waals surface area contributed by atoms with Crippen LogP contribution in [0.2, 0.25) is 0 Å². The van der Waals surface area contributed by atoms with Crippen LogP contribution < -0.4 is 10.2 Å². The number of unbranched alkanes of at least 4 members (excludes halogenated alkanes) is 44. The second-order valence-electron chi connectivity index (χ2n) is 25.7. The second-order valence-corrected chi connectivity index (χ2v) is 27.2. The maximum Gasteiger partial charge on any atom is 0.306 e. The third-order valence-electron chi connectivity index (χ3n) is 16.3. The van der Waals surface area contributed by atoms with Gasteiger partial charge in [-0.1, -0.05) is 320 Å². The monoisotopic (exact) mass is 1190 g/mol. The number of likely N-dealkylation sites (N-methyl/N-ethyl adjacent to an activating group) is 1. The summed E-state index contributed by atoms with van der Waals surface area (Å²) in [7, 11) is 1.19. The van der Waals surface area contributed by atoms with Gasteiger partial charge in [0.25, 0.3) is 7.82 Å². The number of carbonyl (C=O) groups is 2. The lowest BCUT2D eigenvalue weighted by molar-refractivity contribution is -0.870.